The maximum absolute atomic E-state index is 14.2. The van der Waals surface area contributed by atoms with Crippen molar-refractivity contribution in [3.63, 3.8) is 0 Å². The van der Waals surface area contributed by atoms with Crippen molar-refractivity contribution in [3.05, 3.63) is 64.7 Å². The SMILES string of the molecule is CN(C)c1cc2c(ccc(=O)n2-c2nc3ccccc3[nH]2)cc1F. The highest BCUT2D eigenvalue weighted by atomic mass is 19.1. The van der Waals surface area contributed by atoms with Crippen LogP contribution in [-0.2, 0) is 0 Å². The number of fused-ring (bicyclic) bond motifs is 2. The molecule has 120 valence electrons. The summed E-state index contributed by atoms with van der Waals surface area (Å²) in [5, 5.41) is 0.637. The van der Waals surface area contributed by atoms with E-state index in [1.54, 1.807) is 31.1 Å². The third-order valence-corrected chi connectivity index (χ3v) is 4.03. The van der Waals surface area contributed by atoms with E-state index in [0.717, 1.165) is 11.0 Å². The van der Waals surface area contributed by atoms with Crippen LogP contribution in [0.2, 0.25) is 0 Å². The number of nitrogens with one attached hydrogen (secondary N) is 1. The molecule has 0 aliphatic heterocycles. The Labute approximate surface area is 137 Å². The number of halogens is 1. The van der Waals surface area contributed by atoms with E-state index >= 15 is 0 Å². The number of aromatic amines is 1. The quantitative estimate of drug-likeness (QED) is 0.617. The van der Waals surface area contributed by atoms with Crippen LogP contribution in [0.4, 0.5) is 10.1 Å². The van der Waals surface area contributed by atoms with Gasteiger partial charge in [-0.2, -0.15) is 0 Å². The predicted octanol–water partition coefficient (Wildman–Crippen LogP) is 3.07. The van der Waals surface area contributed by atoms with E-state index in [9.17, 15) is 9.18 Å². The van der Waals surface area contributed by atoms with Gasteiger partial charge in [0, 0.05) is 25.5 Å². The monoisotopic (exact) mass is 322 g/mol. The van der Waals surface area contributed by atoms with Crippen LogP contribution in [0.5, 0.6) is 0 Å². The number of hydrogen-bond donors (Lipinski definition) is 1. The summed E-state index contributed by atoms with van der Waals surface area (Å²) in [6.45, 7) is 0. The number of H-pyrrole nitrogens is 1. The zero-order valence-electron chi connectivity index (χ0n) is 13.2. The second-order valence-electron chi connectivity index (χ2n) is 5.84. The minimum atomic E-state index is -0.331. The van der Waals surface area contributed by atoms with Crippen LogP contribution in [-0.4, -0.2) is 28.6 Å². The Morgan fingerprint density at radius 1 is 1.12 bits per heavy atom. The largest absolute Gasteiger partial charge is 0.375 e. The molecular weight excluding hydrogens is 307 g/mol. The number of pyridine rings is 1. The van der Waals surface area contributed by atoms with E-state index in [0.29, 0.717) is 22.5 Å². The molecule has 0 atom stereocenters. The molecule has 0 spiro atoms. The van der Waals surface area contributed by atoms with Crippen LogP contribution in [0.3, 0.4) is 0 Å². The zero-order valence-corrected chi connectivity index (χ0v) is 13.2. The summed E-state index contributed by atoms with van der Waals surface area (Å²) < 4.78 is 15.7. The second kappa shape index (κ2) is 5.19. The molecule has 5 nitrogen and oxygen atoms in total. The lowest BCUT2D eigenvalue weighted by molar-refractivity contribution is 0.627. The lowest BCUT2D eigenvalue weighted by Crippen LogP contribution is -2.19. The maximum Gasteiger partial charge on any atom is 0.257 e. The fourth-order valence-corrected chi connectivity index (χ4v) is 2.85. The molecule has 2 aromatic heterocycles. The lowest BCUT2D eigenvalue weighted by atomic mass is 10.1. The van der Waals surface area contributed by atoms with Gasteiger partial charge >= 0.3 is 0 Å². The smallest absolute Gasteiger partial charge is 0.257 e. The summed E-state index contributed by atoms with van der Waals surface area (Å²) in [6, 6.07) is 13.7. The van der Waals surface area contributed by atoms with Crippen molar-refractivity contribution in [1.29, 1.82) is 0 Å². The van der Waals surface area contributed by atoms with Crippen LogP contribution in [0.15, 0.2) is 53.3 Å². The Morgan fingerprint density at radius 2 is 1.92 bits per heavy atom. The number of nitrogens with zero attached hydrogens (tertiary/aromatic N) is 3. The van der Waals surface area contributed by atoms with Crippen molar-refractivity contribution in [3.8, 4) is 5.95 Å². The van der Waals surface area contributed by atoms with Crippen LogP contribution in [0.25, 0.3) is 27.9 Å². The van der Waals surface area contributed by atoms with Crippen molar-refractivity contribution in [2.45, 2.75) is 0 Å². The minimum absolute atomic E-state index is 0.224. The van der Waals surface area contributed by atoms with Crippen LogP contribution >= 0.6 is 0 Å². The van der Waals surface area contributed by atoms with E-state index in [-0.39, 0.29) is 11.4 Å². The van der Waals surface area contributed by atoms with Gasteiger partial charge < -0.3 is 9.88 Å². The molecule has 2 heterocycles. The molecule has 0 aliphatic carbocycles. The molecule has 2 aromatic carbocycles. The number of para-hydroxylation sites is 2. The summed E-state index contributed by atoms with van der Waals surface area (Å²) in [5.74, 6) is 0.0884. The molecule has 0 saturated heterocycles. The maximum atomic E-state index is 14.2. The molecule has 24 heavy (non-hydrogen) atoms. The molecule has 1 N–H and O–H groups in total. The van der Waals surface area contributed by atoms with E-state index < -0.39 is 0 Å². The first-order chi connectivity index (χ1) is 11.5. The van der Waals surface area contributed by atoms with Crippen LogP contribution in [0.1, 0.15) is 0 Å². The molecule has 6 heteroatoms. The van der Waals surface area contributed by atoms with Gasteiger partial charge in [0.15, 0.2) is 0 Å². The van der Waals surface area contributed by atoms with Gasteiger partial charge in [-0.25, -0.2) is 13.9 Å². The van der Waals surface area contributed by atoms with Crippen molar-refractivity contribution in [1.82, 2.24) is 14.5 Å². The Hall–Kier alpha value is -3.15. The van der Waals surface area contributed by atoms with Crippen LogP contribution < -0.4 is 10.5 Å². The summed E-state index contributed by atoms with van der Waals surface area (Å²) in [6.07, 6.45) is 0. The highest BCUT2D eigenvalue weighted by molar-refractivity contribution is 5.85. The lowest BCUT2D eigenvalue weighted by Gasteiger charge is -2.16. The van der Waals surface area contributed by atoms with Gasteiger partial charge in [-0.3, -0.25) is 4.79 Å². The summed E-state index contributed by atoms with van der Waals surface area (Å²) >= 11 is 0. The Bertz CT molecular complexity index is 1090. The molecule has 0 fully saturated rings. The summed E-state index contributed by atoms with van der Waals surface area (Å²) in [4.78, 5) is 21.8. The topological polar surface area (TPSA) is 53.9 Å². The highest BCUT2D eigenvalue weighted by Crippen LogP contribution is 2.25. The van der Waals surface area contributed by atoms with E-state index in [1.807, 2.05) is 24.3 Å². The van der Waals surface area contributed by atoms with Gasteiger partial charge in [-0.1, -0.05) is 12.1 Å². The Balaban J connectivity index is 2.08. The first-order valence-electron chi connectivity index (χ1n) is 7.52. The Morgan fingerprint density at radius 3 is 2.67 bits per heavy atom. The van der Waals surface area contributed by atoms with Crippen molar-refractivity contribution in [2.24, 2.45) is 0 Å². The molecule has 0 bridgehead atoms. The third kappa shape index (κ3) is 2.15. The van der Waals surface area contributed by atoms with Gasteiger partial charge in [-0.05, 0) is 30.3 Å². The summed E-state index contributed by atoms with van der Waals surface area (Å²) in [5.41, 5.74) is 2.40. The molecule has 0 saturated carbocycles. The molecule has 0 amide bonds. The van der Waals surface area contributed by atoms with Gasteiger partial charge in [0.05, 0.1) is 22.2 Å². The van der Waals surface area contributed by atoms with Gasteiger partial charge in [0.1, 0.15) is 5.82 Å². The number of benzene rings is 2. The van der Waals surface area contributed by atoms with Gasteiger partial charge in [0.25, 0.3) is 5.56 Å². The number of rotatable bonds is 2. The molecule has 0 aliphatic rings. The summed E-state index contributed by atoms with van der Waals surface area (Å²) in [7, 11) is 3.52. The fraction of sp³-hybridized carbons (Fsp3) is 0.111. The molecule has 0 radical (unpaired) electrons. The predicted molar refractivity (Wildman–Crippen MR) is 93.5 cm³/mol. The average molecular weight is 322 g/mol. The van der Waals surface area contributed by atoms with Crippen molar-refractivity contribution in [2.75, 3.05) is 19.0 Å². The van der Waals surface area contributed by atoms with Crippen LogP contribution in [0, 0.1) is 5.82 Å². The molecular formula is C18H15FN4O. The molecule has 0 unspecified atom stereocenters. The fourth-order valence-electron chi connectivity index (χ4n) is 2.85. The Kier molecular flexibility index (Phi) is 3.13. The molecule has 4 rings (SSSR count). The van der Waals surface area contributed by atoms with Crippen molar-refractivity contribution < 1.29 is 4.39 Å². The number of imidazole rings is 1. The normalized spacial score (nSPS) is 11.3. The first-order valence-corrected chi connectivity index (χ1v) is 7.52. The van der Waals surface area contributed by atoms with E-state index in [4.69, 9.17) is 0 Å². The highest BCUT2D eigenvalue weighted by Gasteiger charge is 2.13. The number of aromatic nitrogens is 3. The number of hydrogen-bond acceptors (Lipinski definition) is 3. The zero-order chi connectivity index (χ0) is 16.8. The van der Waals surface area contributed by atoms with E-state index in [1.165, 1.54) is 16.7 Å². The molecule has 4 aromatic rings. The van der Waals surface area contributed by atoms with Gasteiger partial charge in [-0.15, -0.1) is 0 Å². The van der Waals surface area contributed by atoms with Crippen molar-refractivity contribution >= 4 is 27.6 Å². The number of anilines is 1. The first kappa shape index (κ1) is 14.4. The average Bonchev–Trinajstić information content (AvgIpc) is 2.97. The minimum Gasteiger partial charge on any atom is -0.375 e. The van der Waals surface area contributed by atoms with Gasteiger partial charge in [0.2, 0.25) is 5.95 Å². The third-order valence-electron chi connectivity index (χ3n) is 4.03. The standard InChI is InChI=1S/C18H15FN4O/c1-22(2)16-10-15-11(9-12(16)19)7-8-17(24)23(15)18-20-13-5-3-4-6-14(13)21-18/h3-10H,1-2H3,(H,20,21). The second-order valence-corrected chi connectivity index (χ2v) is 5.84. The van der Waals surface area contributed by atoms with E-state index in [2.05, 4.69) is 9.97 Å².